The van der Waals surface area contributed by atoms with E-state index >= 15 is 0 Å². The average Bonchev–Trinajstić information content (AvgIpc) is 2.94. The molecule has 1 heterocycles. The van der Waals surface area contributed by atoms with E-state index in [1.54, 1.807) is 12.1 Å². The molecule has 0 bridgehead atoms. The second-order valence-electron chi connectivity index (χ2n) is 7.57. The van der Waals surface area contributed by atoms with Crippen LogP contribution in [-0.4, -0.2) is 63.9 Å². The molecular formula is C25H24N4O8S. The summed E-state index contributed by atoms with van der Waals surface area (Å²) < 4.78 is 37.1. The summed E-state index contributed by atoms with van der Waals surface area (Å²) in [6.07, 6.45) is 1.02. The molecule has 0 aliphatic rings. The van der Waals surface area contributed by atoms with Crippen LogP contribution in [0.4, 0.5) is 0 Å². The lowest BCUT2D eigenvalue weighted by molar-refractivity contribution is -0.139. The van der Waals surface area contributed by atoms with Crippen LogP contribution in [0.2, 0.25) is 0 Å². The lowest BCUT2D eigenvalue weighted by Gasteiger charge is -2.09. The fourth-order valence-corrected chi connectivity index (χ4v) is 3.93. The van der Waals surface area contributed by atoms with Crippen LogP contribution in [0.1, 0.15) is 31.2 Å². The number of hydrogen-bond donors (Lipinski definition) is 3. The van der Waals surface area contributed by atoms with E-state index in [0.717, 1.165) is 6.20 Å². The molecule has 2 aromatic carbocycles. The highest BCUT2D eigenvalue weighted by molar-refractivity contribution is 7.90. The van der Waals surface area contributed by atoms with E-state index in [9.17, 15) is 27.6 Å². The van der Waals surface area contributed by atoms with Crippen LogP contribution in [0.25, 0.3) is 0 Å². The monoisotopic (exact) mass is 540 g/mol. The molecule has 0 radical (unpaired) electrons. The third-order valence-electron chi connectivity index (χ3n) is 4.93. The predicted octanol–water partition coefficient (Wildman–Crippen LogP) is 0.912. The summed E-state index contributed by atoms with van der Waals surface area (Å²) in [5, 5.41) is 4.95. The number of methoxy groups -OCH3 is 1. The quantitative estimate of drug-likeness (QED) is 0.236. The highest BCUT2D eigenvalue weighted by Gasteiger charge is 2.20. The minimum absolute atomic E-state index is 0.0891. The van der Waals surface area contributed by atoms with Crippen molar-refractivity contribution < 1.29 is 37.1 Å². The van der Waals surface area contributed by atoms with Gasteiger partial charge in [-0.05, 0) is 48.5 Å². The van der Waals surface area contributed by atoms with Crippen molar-refractivity contribution in [3.63, 3.8) is 0 Å². The van der Waals surface area contributed by atoms with Crippen molar-refractivity contribution >= 4 is 33.7 Å². The molecule has 0 fully saturated rings. The first-order valence-corrected chi connectivity index (χ1v) is 12.6. The van der Waals surface area contributed by atoms with Crippen LogP contribution in [0.3, 0.4) is 0 Å². The highest BCUT2D eigenvalue weighted by Crippen LogP contribution is 2.12. The van der Waals surface area contributed by atoms with Crippen LogP contribution in [0, 0.1) is 0 Å². The number of pyridine rings is 1. The Hall–Kier alpha value is -4.78. The minimum Gasteiger partial charge on any atom is -0.492 e. The smallest absolute Gasteiger partial charge is 0.325 e. The van der Waals surface area contributed by atoms with Crippen LogP contribution in [-0.2, 0) is 19.6 Å². The van der Waals surface area contributed by atoms with Crippen LogP contribution in [0.5, 0.6) is 5.75 Å². The molecule has 0 aliphatic heterocycles. The fourth-order valence-electron chi connectivity index (χ4n) is 2.96. The molecule has 12 nitrogen and oxygen atoms in total. The number of nitrogens with one attached hydrogen (secondary N) is 3. The molecule has 0 unspecified atom stereocenters. The van der Waals surface area contributed by atoms with Gasteiger partial charge >= 0.3 is 5.97 Å². The van der Waals surface area contributed by atoms with Crippen LogP contribution in [0.15, 0.2) is 77.8 Å². The van der Waals surface area contributed by atoms with Crippen molar-refractivity contribution in [1.82, 2.24) is 20.3 Å². The van der Waals surface area contributed by atoms with E-state index in [-0.39, 0.29) is 41.4 Å². The van der Waals surface area contributed by atoms with E-state index in [0.29, 0.717) is 5.75 Å². The zero-order chi connectivity index (χ0) is 27.5. The molecule has 198 valence electrons. The van der Waals surface area contributed by atoms with Gasteiger partial charge in [-0.25, -0.2) is 13.1 Å². The van der Waals surface area contributed by atoms with Gasteiger partial charge < -0.3 is 20.1 Å². The molecule has 13 heteroatoms. The van der Waals surface area contributed by atoms with Gasteiger partial charge in [0.2, 0.25) is 0 Å². The van der Waals surface area contributed by atoms with Crippen molar-refractivity contribution in [3.05, 3.63) is 89.7 Å². The lowest BCUT2D eigenvalue weighted by atomic mass is 10.2. The molecule has 3 N–H and O–H groups in total. The summed E-state index contributed by atoms with van der Waals surface area (Å²) in [6.45, 7) is 0.131. The van der Waals surface area contributed by atoms with E-state index in [1.807, 2.05) is 22.9 Å². The number of aromatic nitrogens is 1. The molecule has 3 aromatic rings. The summed E-state index contributed by atoms with van der Waals surface area (Å²) in [7, 11) is -3.09. The van der Waals surface area contributed by atoms with Gasteiger partial charge in [0.15, 0.2) is 0 Å². The number of carbonyl (C=O) groups excluding carboxylic acids is 4. The first kappa shape index (κ1) is 27.8. The van der Waals surface area contributed by atoms with Gasteiger partial charge in [0.1, 0.15) is 24.6 Å². The Morgan fingerprint density at radius 3 is 2.13 bits per heavy atom. The molecule has 3 rings (SSSR count). The molecule has 0 spiro atoms. The van der Waals surface area contributed by atoms with Gasteiger partial charge in [-0.15, -0.1) is 0 Å². The summed E-state index contributed by atoms with van der Waals surface area (Å²) in [6, 6.07) is 16.5. The van der Waals surface area contributed by atoms with Crippen LogP contribution >= 0.6 is 0 Å². The molecule has 0 saturated heterocycles. The van der Waals surface area contributed by atoms with Gasteiger partial charge in [0, 0.05) is 11.8 Å². The van der Waals surface area contributed by atoms with E-state index in [1.165, 1.54) is 43.5 Å². The SMILES string of the molecule is COC(=O)CNC(=O)c1ccc(C(=O)NS(=O)(=O)c2ccc(C(=O)NCCOc3ccccc3)cc2)cn1. The first-order valence-electron chi connectivity index (χ1n) is 11.1. The molecule has 1 aromatic heterocycles. The number of esters is 1. The second-order valence-corrected chi connectivity index (χ2v) is 9.25. The number of amides is 3. The summed E-state index contributed by atoms with van der Waals surface area (Å²) in [4.78, 5) is 51.4. The average molecular weight is 541 g/mol. The van der Waals surface area contributed by atoms with Crippen molar-refractivity contribution in [1.29, 1.82) is 0 Å². The van der Waals surface area contributed by atoms with E-state index in [2.05, 4.69) is 20.4 Å². The zero-order valence-corrected chi connectivity index (χ0v) is 21.0. The molecular weight excluding hydrogens is 516 g/mol. The van der Waals surface area contributed by atoms with Crippen molar-refractivity contribution in [2.45, 2.75) is 4.90 Å². The Bertz CT molecular complexity index is 1390. The number of ether oxygens (including phenoxy) is 2. The maximum atomic E-state index is 12.6. The van der Waals surface area contributed by atoms with Gasteiger partial charge in [0.05, 0.1) is 24.1 Å². The number of nitrogens with zero attached hydrogens (tertiary/aromatic N) is 1. The van der Waals surface area contributed by atoms with E-state index < -0.39 is 33.7 Å². The third kappa shape index (κ3) is 7.86. The third-order valence-corrected chi connectivity index (χ3v) is 6.28. The summed E-state index contributed by atoms with van der Waals surface area (Å²) in [5.74, 6) is -2.05. The summed E-state index contributed by atoms with van der Waals surface area (Å²) in [5.41, 5.74) is 0.0147. The fraction of sp³-hybridized carbons (Fsp3) is 0.160. The van der Waals surface area contributed by atoms with Crippen molar-refractivity contribution in [2.75, 3.05) is 26.8 Å². The molecule has 0 atom stereocenters. The number of rotatable bonds is 11. The van der Waals surface area contributed by atoms with E-state index in [4.69, 9.17) is 4.74 Å². The Balaban J connectivity index is 1.52. The summed E-state index contributed by atoms with van der Waals surface area (Å²) >= 11 is 0. The largest absolute Gasteiger partial charge is 0.492 e. The number of para-hydroxylation sites is 1. The van der Waals surface area contributed by atoms with Crippen molar-refractivity contribution in [2.24, 2.45) is 0 Å². The Morgan fingerprint density at radius 1 is 0.816 bits per heavy atom. The van der Waals surface area contributed by atoms with Gasteiger partial charge in [0.25, 0.3) is 27.7 Å². The van der Waals surface area contributed by atoms with Crippen LogP contribution < -0.4 is 20.1 Å². The predicted molar refractivity (Wildman–Crippen MR) is 134 cm³/mol. The van der Waals surface area contributed by atoms with Gasteiger partial charge in [-0.1, -0.05) is 18.2 Å². The lowest BCUT2D eigenvalue weighted by Crippen LogP contribution is -2.32. The molecule has 0 saturated carbocycles. The van der Waals surface area contributed by atoms with Gasteiger partial charge in [-0.2, -0.15) is 0 Å². The maximum Gasteiger partial charge on any atom is 0.325 e. The first-order chi connectivity index (χ1) is 18.2. The second kappa shape index (κ2) is 13.0. The standard InChI is InChI=1S/C25H24N4O8S/c1-36-22(30)16-28-25(33)21-12-9-18(15-27-21)24(32)29-38(34,35)20-10-7-17(8-11-20)23(31)26-13-14-37-19-5-3-2-4-6-19/h2-12,15H,13-14,16H2,1H3,(H,26,31)(H,28,33)(H,29,32). The highest BCUT2D eigenvalue weighted by atomic mass is 32.2. The Kier molecular flexibility index (Phi) is 9.48. The normalized spacial score (nSPS) is 10.7. The number of benzene rings is 2. The Morgan fingerprint density at radius 2 is 1.50 bits per heavy atom. The zero-order valence-electron chi connectivity index (χ0n) is 20.2. The molecule has 0 aliphatic carbocycles. The number of sulfonamides is 1. The van der Waals surface area contributed by atoms with Gasteiger partial charge in [-0.3, -0.25) is 24.2 Å². The Labute approximate surface area is 218 Å². The van der Waals surface area contributed by atoms with Crippen molar-refractivity contribution in [3.8, 4) is 5.75 Å². The minimum atomic E-state index is -4.26. The topological polar surface area (TPSA) is 170 Å². The molecule has 3 amide bonds. The molecule has 38 heavy (non-hydrogen) atoms. The number of hydrogen-bond acceptors (Lipinski definition) is 9. The maximum absolute atomic E-state index is 12.6. The number of carbonyl (C=O) groups is 4.